The molecule has 19 heavy (non-hydrogen) atoms. The third-order valence-electron chi connectivity index (χ3n) is 3.16. The molecule has 1 saturated carbocycles. The highest BCUT2D eigenvalue weighted by Gasteiger charge is 2.67. The molecule has 1 rings (SSSR count). The summed E-state index contributed by atoms with van der Waals surface area (Å²) in [4.78, 5) is 35.1. The lowest BCUT2D eigenvalue weighted by Crippen LogP contribution is -2.31. The van der Waals surface area contributed by atoms with E-state index in [9.17, 15) is 14.4 Å². The molecule has 0 aromatic rings. The molecule has 106 valence electrons. The molecule has 0 saturated heterocycles. The quantitative estimate of drug-likeness (QED) is 0.399. The van der Waals surface area contributed by atoms with Gasteiger partial charge in [-0.25, -0.2) is 0 Å². The van der Waals surface area contributed by atoms with Crippen molar-refractivity contribution < 1.29 is 23.9 Å². The van der Waals surface area contributed by atoms with Crippen molar-refractivity contribution in [1.29, 1.82) is 0 Å². The molecule has 0 aliphatic heterocycles. The number of esters is 2. The number of hydrogen-bond acceptors (Lipinski definition) is 5. The maximum atomic E-state index is 11.9. The van der Waals surface area contributed by atoms with E-state index in [1.54, 1.807) is 26.8 Å². The first-order valence-electron chi connectivity index (χ1n) is 6.58. The van der Waals surface area contributed by atoms with Crippen LogP contribution < -0.4 is 0 Å². The summed E-state index contributed by atoms with van der Waals surface area (Å²) in [6, 6.07) is 0. The summed E-state index contributed by atoms with van der Waals surface area (Å²) in [5.41, 5.74) is -1.24. The molecular formula is C14H20O5. The van der Waals surface area contributed by atoms with E-state index in [-0.39, 0.29) is 24.9 Å². The zero-order chi connectivity index (χ0) is 14.5. The van der Waals surface area contributed by atoms with Crippen LogP contribution in [0.3, 0.4) is 0 Å². The Hall–Kier alpha value is -1.65. The van der Waals surface area contributed by atoms with E-state index >= 15 is 0 Å². The van der Waals surface area contributed by atoms with E-state index in [1.165, 1.54) is 6.08 Å². The first-order chi connectivity index (χ1) is 9.02. The Morgan fingerprint density at radius 1 is 1.11 bits per heavy atom. The number of carbonyl (C=O) groups is 3. The van der Waals surface area contributed by atoms with Gasteiger partial charge < -0.3 is 9.47 Å². The standard InChI is InChI=1S/C14H20O5/c1-4-11(15)8-7-10-9-14(10,12(16)18-5-2)13(17)19-6-3/h7-8,10H,4-6,9H2,1-3H3. The van der Waals surface area contributed by atoms with Gasteiger partial charge in [-0.05, 0) is 26.3 Å². The molecule has 0 N–H and O–H groups in total. The molecule has 0 radical (unpaired) electrons. The third kappa shape index (κ3) is 3.22. The molecule has 0 heterocycles. The fourth-order valence-corrected chi connectivity index (χ4v) is 1.93. The molecule has 1 unspecified atom stereocenters. The zero-order valence-corrected chi connectivity index (χ0v) is 11.6. The number of carbonyl (C=O) groups excluding carboxylic acids is 3. The van der Waals surface area contributed by atoms with Crippen LogP contribution in [0.1, 0.15) is 33.6 Å². The number of hydrogen-bond donors (Lipinski definition) is 0. The van der Waals surface area contributed by atoms with E-state index < -0.39 is 17.4 Å². The normalized spacial score (nSPS) is 20.1. The van der Waals surface area contributed by atoms with Crippen molar-refractivity contribution in [2.24, 2.45) is 11.3 Å². The lowest BCUT2D eigenvalue weighted by molar-refractivity contribution is -0.164. The minimum Gasteiger partial charge on any atom is -0.465 e. The van der Waals surface area contributed by atoms with Crippen LogP contribution in [0.5, 0.6) is 0 Å². The fraction of sp³-hybridized carbons (Fsp3) is 0.643. The Bertz CT molecular complexity index is 379. The molecule has 0 spiro atoms. The minimum atomic E-state index is -1.24. The molecule has 0 aromatic carbocycles. The van der Waals surface area contributed by atoms with Gasteiger partial charge in [0.25, 0.3) is 0 Å². The van der Waals surface area contributed by atoms with Gasteiger partial charge in [0.05, 0.1) is 13.2 Å². The topological polar surface area (TPSA) is 69.7 Å². The van der Waals surface area contributed by atoms with E-state index in [1.807, 2.05) is 0 Å². The number of ketones is 1. The molecular weight excluding hydrogens is 248 g/mol. The lowest BCUT2D eigenvalue weighted by Gasteiger charge is -2.13. The van der Waals surface area contributed by atoms with Crippen molar-refractivity contribution in [1.82, 2.24) is 0 Å². The number of allylic oxidation sites excluding steroid dienone is 2. The lowest BCUT2D eigenvalue weighted by atomic mass is 10.0. The summed E-state index contributed by atoms with van der Waals surface area (Å²) in [5.74, 6) is -1.46. The predicted molar refractivity (Wildman–Crippen MR) is 68.2 cm³/mol. The first-order valence-corrected chi connectivity index (χ1v) is 6.58. The highest BCUT2D eigenvalue weighted by Crippen LogP contribution is 2.55. The van der Waals surface area contributed by atoms with Crippen LogP contribution in [-0.2, 0) is 23.9 Å². The highest BCUT2D eigenvalue weighted by molar-refractivity contribution is 6.04. The van der Waals surface area contributed by atoms with E-state index in [0.717, 1.165) is 0 Å². The summed E-state index contributed by atoms with van der Waals surface area (Å²) in [6.45, 7) is 5.55. The average molecular weight is 268 g/mol. The van der Waals surface area contributed by atoms with Crippen LogP contribution in [0.25, 0.3) is 0 Å². The van der Waals surface area contributed by atoms with E-state index in [2.05, 4.69) is 0 Å². The summed E-state index contributed by atoms with van der Waals surface area (Å²) in [6.07, 6.45) is 3.78. The molecule has 1 aliphatic carbocycles. The maximum absolute atomic E-state index is 11.9. The Kier molecular flexibility index (Phi) is 5.27. The van der Waals surface area contributed by atoms with Gasteiger partial charge in [0.15, 0.2) is 11.2 Å². The zero-order valence-electron chi connectivity index (χ0n) is 11.6. The molecule has 1 fully saturated rings. The molecule has 0 amide bonds. The molecule has 0 bridgehead atoms. The van der Waals surface area contributed by atoms with Gasteiger partial charge in [-0.15, -0.1) is 0 Å². The van der Waals surface area contributed by atoms with Crippen LogP contribution in [0, 0.1) is 11.3 Å². The van der Waals surface area contributed by atoms with Crippen LogP contribution in [0.2, 0.25) is 0 Å². The molecule has 1 aliphatic rings. The average Bonchev–Trinajstić information content (AvgIpc) is 3.12. The Labute approximate surface area is 112 Å². The minimum absolute atomic E-state index is 0.0338. The second kappa shape index (κ2) is 6.50. The second-order valence-corrected chi connectivity index (χ2v) is 4.40. The van der Waals surface area contributed by atoms with Crippen LogP contribution in [0.4, 0.5) is 0 Å². The van der Waals surface area contributed by atoms with E-state index in [4.69, 9.17) is 9.47 Å². The highest BCUT2D eigenvalue weighted by atomic mass is 16.6. The largest absolute Gasteiger partial charge is 0.465 e. The fourth-order valence-electron chi connectivity index (χ4n) is 1.93. The van der Waals surface area contributed by atoms with Crippen molar-refractivity contribution in [2.75, 3.05) is 13.2 Å². The first kappa shape index (κ1) is 15.4. The van der Waals surface area contributed by atoms with Gasteiger partial charge in [-0.1, -0.05) is 13.0 Å². The van der Waals surface area contributed by atoms with Crippen LogP contribution in [-0.4, -0.2) is 30.9 Å². The second-order valence-electron chi connectivity index (χ2n) is 4.40. The van der Waals surface area contributed by atoms with Gasteiger partial charge >= 0.3 is 11.9 Å². The van der Waals surface area contributed by atoms with Gasteiger partial charge in [-0.3, -0.25) is 14.4 Å². The monoisotopic (exact) mass is 268 g/mol. The number of ether oxygens (including phenoxy) is 2. The molecule has 0 aromatic heterocycles. The molecule has 5 nitrogen and oxygen atoms in total. The smallest absolute Gasteiger partial charge is 0.324 e. The van der Waals surface area contributed by atoms with Crippen LogP contribution >= 0.6 is 0 Å². The van der Waals surface area contributed by atoms with Gasteiger partial charge in [0.2, 0.25) is 0 Å². The van der Waals surface area contributed by atoms with Gasteiger partial charge in [-0.2, -0.15) is 0 Å². The van der Waals surface area contributed by atoms with Gasteiger partial charge in [0.1, 0.15) is 0 Å². The summed E-state index contributed by atoms with van der Waals surface area (Å²) in [5, 5.41) is 0. The number of rotatable bonds is 7. The summed E-state index contributed by atoms with van der Waals surface area (Å²) < 4.78 is 9.88. The predicted octanol–water partition coefficient (Wildman–Crippen LogP) is 1.65. The summed E-state index contributed by atoms with van der Waals surface area (Å²) in [7, 11) is 0. The van der Waals surface area contributed by atoms with Gasteiger partial charge in [0, 0.05) is 12.3 Å². The van der Waals surface area contributed by atoms with Crippen molar-refractivity contribution in [3.63, 3.8) is 0 Å². The van der Waals surface area contributed by atoms with Crippen LogP contribution in [0.15, 0.2) is 12.2 Å². The van der Waals surface area contributed by atoms with Crippen molar-refractivity contribution in [3.05, 3.63) is 12.2 Å². The SMILES string of the molecule is CCOC(=O)C1(C(=O)OCC)CC1C=CC(=O)CC. The molecule has 5 heteroatoms. The van der Waals surface area contributed by atoms with E-state index in [0.29, 0.717) is 12.8 Å². The Morgan fingerprint density at radius 2 is 1.63 bits per heavy atom. The summed E-state index contributed by atoms with van der Waals surface area (Å²) >= 11 is 0. The Morgan fingerprint density at radius 3 is 2.05 bits per heavy atom. The maximum Gasteiger partial charge on any atom is 0.324 e. The molecule has 1 atom stereocenters. The Balaban J connectivity index is 2.81. The van der Waals surface area contributed by atoms with Crippen molar-refractivity contribution in [2.45, 2.75) is 33.6 Å². The third-order valence-corrected chi connectivity index (χ3v) is 3.16. The van der Waals surface area contributed by atoms with Crippen molar-refractivity contribution in [3.8, 4) is 0 Å². The van der Waals surface area contributed by atoms with Crippen molar-refractivity contribution >= 4 is 17.7 Å².